The average Bonchev–Trinajstić information content (AvgIpc) is 2.88. The van der Waals surface area contributed by atoms with E-state index < -0.39 is 17.9 Å². The number of halogens is 1. The van der Waals surface area contributed by atoms with Gasteiger partial charge in [-0.25, -0.2) is 9.78 Å². The van der Waals surface area contributed by atoms with Crippen molar-refractivity contribution in [3.8, 4) is 0 Å². The van der Waals surface area contributed by atoms with Crippen molar-refractivity contribution >= 4 is 39.3 Å². The van der Waals surface area contributed by atoms with Crippen molar-refractivity contribution in [2.24, 2.45) is 5.92 Å². The fraction of sp³-hybridized carbons (Fsp3) is 0.345. The molecule has 3 N–H and O–H groups in total. The molecule has 1 aliphatic heterocycles. The molecule has 1 saturated heterocycles. The number of rotatable bonds is 9. The van der Waals surface area contributed by atoms with Gasteiger partial charge < -0.3 is 20.6 Å². The number of carboxylic acids is 1. The molecule has 8 heteroatoms. The first kappa shape index (κ1) is 26.7. The van der Waals surface area contributed by atoms with Crippen molar-refractivity contribution in [3.63, 3.8) is 0 Å². The Hall–Kier alpha value is -3.39. The van der Waals surface area contributed by atoms with Gasteiger partial charge in [-0.3, -0.25) is 4.79 Å². The third-order valence-corrected chi connectivity index (χ3v) is 7.56. The molecule has 1 amide bonds. The largest absolute Gasteiger partial charge is 0.480 e. The van der Waals surface area contributed by atoms with Crippen molar-refractivity contribution in [3.05, 3.63) is 87.5 Å². The molecule has 37 heavy (non-hydrogen) atoms. The Morgan fingerprint density at radius 2 is 1.84 bits per heavy atom. The summed E-state index contributed by atoms with van der Waals surface area (Å²) in [6.07, 6.45) is 4.25. The van der Waals surface area contributed by atoms with Crippen molar-refractivity contribution in [1.82, 2.24) is 10.3 Å². The number of piperidine rings is 1. The number of aryl methyl sites for hydroxylation is 2. The van der Waals surface area contributed by atoms with Gasteiger partial charge in [-0.2, -0.15) is 0 Å². The molecular weight excluding hydrogens is 532 g/mol. The van der Waals surface area contributed by atoms with Crippen LogP contribution in [0.3, 0.4) is 0 Å². The summed E-state index contributed by atoms with van der Waals surface area (Å²) in [6.45, 7) is 6.77. The van der Waals surface area contributed by atoms with Crippen LogP contribution in [-0.4, -0.2) is 47.6 Å². The Bertz CT molecular complexity index is 1220. The molecule has 2 aromatic carbocycles. The average molecular weight is 566 g/mol. The summed E-state index contributed by atoms with van der Waals surface area (Å²) in [5.41, 5.74) is 4.44. The van der Waals surface area contributed by atoms with E-state index in [1.165, 1.54) is 5.56 Å². The van der Waals surface area contributed by atoms with Crippen LogP contribution in [0.25, 0.3) is 0 Å². The summed E-state index contributed by atoms with van der Waals surface area (Å²) in [5.74, 6) is 0.0784. The zero-order chi connectivity index (χ0) is 26.4. The molecule has 2 heterocycles. The summed E-state index contributed by atoms with van der Waals surface area (Å²) < 4.78 is 0.643. The number of anilines is 2. The van der Waals surface area contributed by atoms with Crippen molar-refractivity contribution in [1.29, 1.82) is 0 Å². The molecule has 194 valence electrons. The van der Waals surface area contributed by atoms with Crippen LogP contribution in [0.1, 0.15) is 39.9 Å². The van der Waals surface area contributed by atoms with Gasteiger partial charge in [0.25, 0.3) is 5.91 Å². The lowest BCUT2D eigenvalue weighted by molar-refractivity contribution is -0.139. The van der Waals surface area contributed by atoms with E-state index >= 15 is 0 Å². The van der Waals surface area contributed by atoms with Crippen LogP contribution in [0.2, 0.25) is 0 Å². The van der Waals surface area contributed by atoms with E-state index in [-0.39, 0.29) is 6.42 Å². The Morgan fingerprint density at radius 1 is 1.11 bits per heavy atom. The number of nitrogens with one attached hydrogen (secondary N) is 2. The first-order valence-corrected chi connectivity index (χ1v) is 13.4. The van der Waals surface area contributed by atoms with Crippen molar-refractivity contribution in [2.75, 3.05) is 29.9 Å². The third kappa shape index (κ3) is 7.10. The number of pyridine rings is 1. The Morgan fingerprint density at radius 3 is 2.49 bits per heavy atom. The van der Waals surface area contributed by atoms with Gasteiger partial charge in [0.05, 0.1) is 5.56 Å². The summed E-state index contributed by atoms with van der Waals surface area (Å²) in [7, 11) is 0. The second-order valence-electron chi connectivity index (χ2n) is 9.70. The molecule has 0 radical (unpaired) electrons. The number of hydrogen-bond donors (Lipinski definition) is 3. The van der Waals surface area contributed by atoms with Gasteiger partial charge in [0.15, 0.2) is 0 Å². The van der Waals surface area contributed by atoms with Crippen molar-refractivity contribution in [2.45, 2.75) is 39.2 Å². The van der Waals surface area contributed by atoms with E-state index in [9.17, 15) is 14.7 Å². The number of amides is 1. The molecule has 3 aromatic rings. The molecule has 0 bridgehead atoms. The maximum absolute atomic E-state index is 12.8. The van der Waals surface area contributed by atoms with E-state index in [1.54, 1.807) is 6.07 Å². The third-order valence-electron chi connectivity index (χ3n) is 6.90. The topological polar surface area (TPSA) is 94.6 Å². The highest BCUT2D eigenvalue weighted by atomic mass is 79.9. The number of aliphatic carboxylic acids is 1. The summed E-state index contributed by atoms with van der Waals surface area (Å²) in [4.78, 5) is 31.5. The second kappa shape index (κ2) is 12.2. The highest BCUT2D eigenvalue weighted by Gasteiger charge is 2.24. The predicted octanol–water partition coefficient (Wildman–Crippen LogP) is 5.22. The second-order valence-corrected chi connectivity index (χ2v) is 10.6. The lowest BCUT2D eigenvalue weighted by Crippen LogP contribution is -2.42. The number of carbonyl (C=O) groups excluding carboxylic acids is 1. The van der Waals surface area contributed by atoms with Gasteiger partial charge in [0, 0.05) is 42.4 Å². The lowest BCUT2D eigenvalue weighted by atomic mass is 9.96. The van der Waals surface area contributed by atoms with E-state index in [2.05, 4.69) is 49.4 Å². The van der Waals surface area contributed by atoms with E-state index in [4.69, 9.17) is 0 Å². The van der Waals surface area contributed by atoms with E-state index in [0.717, 1.165) is 55.1 Å². The lowest BCUT2D eigenvalue weighted by Gasteiger charge is -2.34. The number of carboxylic acid groups (broad SMARTS) is 1. The molecule has 1 fully saturated rings. The summed E-state index contributed by atoms with van der Waals surface area (Å²) in [6, 6.07) is 16.5. The van der Waals surface area contributed by atoms with Gasteiger partial charge in [0.2, 0.25) is 0 Å². The van der Waals surface area contributed by atoms with Crippen LogP contribution in [0.15, 0.2) is 65.3 Å². The number of aromatic nitrogens is 1. The quantitative estimate of drug-likeness (QED) is 0.330. The minimum absolute atomic E-state index is 0.214. The normalized spacial score (nSPS) is 14.7. The molecule has 7 nitrogen and oxygen atoms in total. The Labute approximate surface area is 226 Å². The molecule has 0 spiro atoms. The summed E-state index contributed by atoms with van der Waals surface area (Å²) >= 11 is 3.39. The highest BCUT2D eigenvalue weighted by molar-refractivity contribution is 9.10. The molecule has 1 aromatic heterocycles. The van der Waals surface area contributed by atoms with Crippen LogP contribution in [0.4, 0.5) is 11.5 Å². The SMILES string of the molecule is Cc1ccnc(NCC2CCN(c3ccc(CC(NC(=O)c4c(C)cccc4Br)C(=O)O)cc3)CC2)c1. The van der Waals surface area contributed by atoms with Gasteiger partial charge in [-0.15, -0.1) is 0 Å². The van der Waals surface area contributed by atoms with Crippen LogP contribution >= 0.6 is 15.9 Å². The van der Waals surface area contributed by atoms with Crippen LogP contribution < -0.4 is 15.5 Å². The Balaban J connectivity index is 1.30. The minimum Gasteiger partial charge on any atom is -0.480 e. The number of benzene rings is 2. The van der Waals surface area contributed by atoms with Crippen LogP contribution in [0.5, 0.6) is 0 Å². The molecule has 0 saturated carbocycles. The fourth-order valence-corrected chi connectivity index (χ4v) is 5.35. The van der Waals surface area contributed by atoms with E-state index in [1.807, 2.05) is 55.6 Å². The molecule has 4 rings (SSSR count). The molecule has 0 aliphatic carbocycles. The monoisotopic (exact) mass is 564 g/mol. The fourth-order valence-electron chi connectivity index (χ4n) is 4.71. The first-order chi connectivity index (χ1) is 17.8. The van der Waals surface area contributed by atoms with Gasteiger partial charge in [-0.1, -0.05) is 24.3 Å². The maximum atomic E-state index is 12.8. The number of hydrogen-bond acceptors (Lipinski definition) is 5. The standard InChI is InChI=1S/C29H33BrN4O3/c1-19-10-13-31-26(16-19)32-18-22-11-14-34(15-12-22)23-8-6-21(7-9-23)17-25(29(36)37)33-28(35)27-20(2)4-3-5-24(27)30/h3-10,13,16,22,25H,11-12,14-15,17-18H2,1-2H3,(H,31,32)(H,33,35)(H,36,37). The van der Waals surface area contributed by atoms with Gasteiger partial charge in [-0.05, 0) is 95.6 Å². The molecular formula is C29H33BrN4O3. The van der Waals surface area contributed by atoms with Gasteiger partial charge in [0.1, 0.15) is 11.9 Å². The van der Waals surface area contributed by atoms with Crippen molar-refractivity contribution < 1.29 is 14.7 Å². The minimum atomic E-state index is -1.06. The zero-order valence-electron chi connectivity index (χ0n) is 21.2. The molecule has 1 atom stereocenters. The maximum Gasteiger partial charge on any atom is 0.326 e. The molecule has 1 aliphatic rings. The smallest absolute Gasteiger partial charge is 0.326 e. The highest BCUT2D eigenvalue weighted by Crippen LogP contribution is 2.25. The van der Waals surface area contributed by atoms with Crippen LogP contribution in [0, 0.1) is 19.8 Å². The number of nitrogens with zero attached hydrogens (tertiary/aromatic N) is 2. The number of carbonyl (C=O) groups is 2. The Kier molecular flexibility index (Phi) is 8.82. The van der Waals surface area contributed by atoms with Crippen LogP contribution in [-0.2, 0) is 11.2 Å². The zero-order valence-corrected chi connectivity index (χ0v) is 22.8. The molecule has 1 unspecified atom stereocenters. The summed E-state index contributed by atoms with van der Waals surface area (Å²) in [5, 5.41) is 15.9. The first-order valence-electron chi connectivity index (χ1n) is 12.6. The predicted molar refractivity (Wildman–Crippen MR) is 150 cm³/mol. The van der Waals surface area contributed by atoms with Gasteiger partial charge >= 0.3 is 5.97 Å². The van der Waals surface area contributed by atoms with E-state index in [0.29, 0.717) is 16.0 Å².